The van der Waals surface area contributed by atoms with Crippen LogP contribution in [0.25, 0.3) is 0 Å². The van der Waals surface area contributed by atoms with Gasteiger partial charge in [-0.3, -0.25) is 0 Å². The van der Waals surface area contributed by atoms with Gasteiger partial charge >= 0.3 is 6.18 Å². The molecule has 0 amide bonds. The highest BCUT2D eigenvalue weighted by molar-refractivity contribution is 7.89. The first-order valence-electron chi connectivity index (χ1n) is 8.62. The van der Waals surface area contributed by atoms with Gasteiger partial charge in [0.2, 0.25) is 10.0 Å². The Bertz CT molecular complexity index is 944. The van der Waals surface area contributed by atoms with Crippen molar-refractivity contribution in [2.24, 2.45) is 0 Å². The molecule has 0 aromatic heterocycles. The smallest absolute Gasteiger partial charge is 0.390 e. The molecule has 4 unspecified atom stereocenters. The molecule has 28 heavy (non-hydrogen) atoms. The van der Waals surface area contributed by atoms with Crippen LogP contribution in [0.1, 0.15) is 29.0 Å². The number of alkyl halides is 3. The molecule has 0 spiro atoms. The average molecular weight is 415 g/mol. The van der Waals surface area contributed by atoms with Crippen LogP contribution in [-0.2, 0) is 16.2 Å². The van der Waals surface area contributed by atoms with Crippen molar-refractivity contribution in [3.8, 4) is 0 Å². The number of sulfonamides is 1. The molecular formula is C19H20F3NO4S. The first kappa shape index (κ1) is 20.8. The van der Waals surface area contributed by atoms with Crippen molar-refractivity contribution in [2.75, 3.05) is 0 Å². The zero-order valence-corrected chi connectivity index (χ0v) is 15.7. The normalized spacial score (nSPS) is 25.8. The number of benzene rings is 2. The van der Waals surface area contributed by atoms with Crippen molar-refractivity contribution in [2.45, 2.75) is 48.6 Å². The summed E-state index contributed by atoms with van der Waals surface area (Å²) in [6.45, 7) is 1.84. The molecule has 1 aliphatic carbocycles. The largest absolute Gasteiger partial charge is 0.416 e. The van der Waals surface area contributed by atoms with Gasteiger partial charge in [-0.25, -0.2) is 13.1 Å². The molecule has 0 aliphatic heterocycles. The quantitative estimate of drug-likeness (QED) is 0.717. The third-order valence-electron chi connectivity index (χ3n) is 5.06. The second kappa shape index (κ2) is 7.47. The van der Waals surface area contributed by atoms with Gasteiger partial charge in [-0.2, -0.15) is 13.2 Å². The second-order valence-electron chi connectivity index (χ2n) is 6.93. The molecule has 0 radical (unpaired) electrons. The van der Waals surface area contributed by atoms with Crippen LogP contribution in [0.5, 0.6) is 0 Å². The number of aliphatic hydroxyl groups excluding tert-OH is 2. The van der Waals surface area contributed by atoms with Gasteiger partial charge in [0.25, 0.3) is 0 Å². The molecule has 1 saturated carbocycles. The lowest BCUT2D eigenvalue weighted by Crippen LogP contribution is -2.45. The van der Waals surface area contributed by atoms with Crippen molar-refractivity contribution < 1.29 is 31.8 Å². The van der Waals surface area contributed by atoms with Gasteiger partial charge in [-0.05, 0) is 48.7 Å². The Morgan fingerprint density at radius 2 is 1.64 bits per heavy atom. The summed E-state index contributed by atoms with van der Waals surface area (Å²) in [5.74, 6) is -0.476. The van der Waals surface area contributed by atoms with E-state index in [1.165, 1.54) is 0 Å². The summed E-state index contributed by atoms with van der Waals surface area (Å²) in [5, 5.41) is 20.4. The molecule has 4 atom stereocenters. The lowest BCUT2D eigenvalue weighted by molar-refractivity contribution is -0.137. The summed E-state index contributed by atoms with van der Waals surface area (Å²) < 4.78 is 65.8. The van der Waals surface area contributed by atoms with E-state index in [1.54, 1.807) is 12.1 Å². The van der Waals surface area contributed by atoms with E-state index in [-0.39, 0.29) is 11.3 Å². The summed E-state index contributed by atoms with van der Waals surface area (Å²) >= 11 is 0. The van der Waals surface area contributed by atoms with Crippen molar-refractivity contribution in [1.82, 2.24) is 4.72 Å². The van der Waals surface area contributed by atoms with E-state index in [2.05, 4.69) is 4.72 Å². The molecule has 0 saturated heterocycles. The molecule has 152 valence electrons. The van der Waals surface area contributed by atoms with Crippen molar-refractivity contribution >= 4 is 10.0 Å². The van der Waals surface area contributed by atoms with Gasteiger partial charge in [0.15, 0.2) is 0 Å². The number of rotatable bonds is 4. The zero-order valence-electron chi connectivity index (χ0n) is 14.9. The van der Waals surface area contributed by atoms with Gasteiger partial charge in [0, 0.05) is 5.92 Å². The minimum absolute atomic E-state index is 0.159. The number of aliphatic hydroxyl groups is 2. The molecular weight excluding hydrogens is 395 g/mol. The lowest BCUT2D eigenvalue weighted by atomic mass is 9.91. The fourth-order valence-corrected chi connectivity index (χ4v) is 4.86. The number of hydrogen-bond donors (Lipinski definition) is 3. The third kappa shape index (κ3) is 4.07. The highest BCUT2D eigenvalue weighted by atomic mass is 32.2. The van der Waals surface area contributed by atoms with Gasteiger partial charge in [0.05, 0.1) is 28.7 Å². The van der Waals surface area contributed by atoms with E-state index in [9.17, 15) is 31.8 Å². The first-order valence-corrected chi connectivity index (χ1v) is 10.1. The fourth-order valence-electron chi connectivity index (χ4n) is 3.57. The predicted molar refractivity (Wildman–Crippen MR) is 96.1 cm³/mol. The van der Waals surface area contributed by atoms with Crippen LogP contribution in [0.4, 0.5) is 13.2 Å². The summed E-state index contributed by atoms with van der Waals surface area (Å²) in [4.78, 5) is -0.349. The molecule has 2 aromatic rings. The van der Waals surface area contributed by atoms with E-state index >= 15 is 0 Å². The van der Waals surface area contributed by atoms with Crippen LogP contribution in [0.3, 0.4) is 0 Å². The van der Waals surface area contributed by atoms with Crippen LogP contribution < -0.4 is 4.72 Å². The monoisotopic (exact) mass is 415 g/mol. The topological polar surface area (TPSA) is 86.6 Å². The Kier molecular flexibility index (Phi) is 5.55. The van der Waals surface area contributed by atoms with Crippen LogP contribution in [0.2, 0.25) is 0 Å². The Morgan fingerprint density at radius 3 is 2.21 bits per heavy atom. The van der Waals surface area contributed by atoms with Gasteiger partial charge in [-0.15, -0.1) is 0 Å². The fraction of sp³-hybridized carbons (Fsp3) is 0.368. The summed E-state index contributed by atoms with van der Waals surface area (Å²) in [7, 11) is -4.20. The molecule has 1 aliphatic rings. The van der Waals surface area contributed by atoms with E-state index in [0.29, 0.717) is 12.1 Å². The molecule has 3 rings (SSSR count). The molecule has 0 bridgehead atoms. The SMILES string of the molecule is Cc1ccccc1C1CC(O)C(O)C1NS(=O)(=O)c1ccc(C(F)(F)F)cc1. The molecule has 3 N–H and O–H groups in total. The van der Waals surface area contributed by atoms with Crippen molar-refractivity contribution in [3.63, 3.8) is 0 Å². The Balaban J connectivity index is 1.90. The minimum Gasteiger partial charge on any atom is -0.390 e. The van der Waals surface area contributed by atoms with Crippen LogP contribution in [0, 0.1) is 6.92 Å². The average Bonchev–Trinajstić information content (AvgIpc) is 2.89. The van der Waals surface area contributed by atoms with E-state index in [0.717, 1.165) is 23.3 Å². The van der Waals surface area contributed by atoms with Crippen LogP contribution in [0.15, 0.2) is 53.4 Å². The third-order valence-corrected chi connectivity index (χ3v) is 6.54. The summed E-state index contributed by atoms with van der Waals surface area (Å²) in [6, 6.07) is 9.34. The molecule has 0 heterocycles. The molecule has 1 fully saturated rings. The number of aryl methyl sites for hydroxylation is 1. The molecule has 9 heteroatoms. The summed E-state index contributed by atoms with van der Waals surface area (Å²) in [5.41, 5.74) is 0.714. The highest BCUT2D eigenvalue weighted by Crippen LogP contribution is 2.37. The number of hydrogen-bond acceptors (Lipinski definition) is 4. The Morgan fingerprint density at radius 1 is 1.04 bits per heavy atom. The standard InChI is InChI=1S/C19H20F3NO4S/c1-11-4-2-3-5-14(11)15-10-16(24)18(25)17(15)23-28(26,27)13-8-6-12(7-9-13)19(20,21)22/h2-9,15-18,23-25H,10H2,1H3. The van der Waals surface area contributed by atoms with Crippen molar-refractivity contribution in [3.05, 3.63) is 65.2 Å². The van der Waals surface area contributed by atoms with E-state index in [1.807, 2.05) is 19.1 Å². The van der Waals surface area contributed by atoms with Crippen LogP contribution >= 0.6 is 0 Å². The van der Waals surface area contributed by atoms with Gasteiger partial charge in [0.1, 0.15) is 0 Å². The molecule has 2 aromatic carbocycles. The first-order chi connectivity index (χ1) is 13.0. The van der Waals surface area contributed by atoms with Gasteiger partial charge < -0.3 is 10.2 Å². The summed E-state index contributed by atoms with van der Waals surface area (Å²) in [6.07, 6.45) is -6.87. The maximum Gasteiger partial charge on any atom is 0.416 e. The van der Waals surface area contributed by atoms with Crippen molar-refractivity contribution in [1.29, 1.82) is 0 Å². The maximum absolute atomic E-state index is 12.7. The minimum atomic E-state index is -4.57. The Labute approximate surface area is 160 Å². The van der Waals surface area contributed by atoms with E-state index in [4.69, 9.17) is 0 Å². The zero-order chi connectivity index (χ0) is 20.7. The lowest BCUT2D eigenvalue weighted by Gasteiger charge is -2.24. The van der Waals surface area contributed by atoms with E-state index < -0.39 is 45.9 Å². The predicted octanol–water partition coefficient (Wildman–Crippen LogP) is 2.57. The number of halogens is 3. The van der Waals surface area contributed by atoms with Gasteiger partial charge in [-0.1, -0.05) is 24.3 Å². The maximum atomic E-state index is 12.7. The molecule has 5 nitrogen and oxygen atoms in total. The Hall–Kier alpha value is -1.94. The highest BCUT2D eigenvalue weighted by Gasteiger charge is 2.44. The van der Waals surface area contributed by atoms with Crippen LogP contribution in [-0.4, -0.2) is 36.9 Å². The number of nitrogens with one attached hydrogen (secondary N) is 1. The second-order valence-corrected chi connectivity index (χ2v) is 8.64.